The number of nitrogens with one attached hydrogen (secondary N) is 1. The monoisotopic (exact) mass is 391 g/mol. The minimum atomic E-state index is -4.42. The number of benzene rings is 2. The van der Waals surface area contributed by atoms with Crippen molar-refractivity contribution < 1.29 is 27.4 Å². The number of carbonyl (C=O) groups is 1. The molecule has 2 rings (SSSR count). The topological polar surface area (TPSA) is 47.6 Å². The number of alkyl halides is 3. The third-order valence-corrected chi connectivity index (χ3v) is 3.57. The number of ether oxygens (including phenoxy) is 2. The van der Waals surface area contributed by atoms with Gasteiger partial charge in [-0.15, -0.1) is 0 Å². The first-order chi connectivity index (χ1) is 13.4. The van der Waals surface area contributed by atoms with E-state index < -0.39 is 11.7 Å². The summed E-state index contributed by atoms with van der Waals surface area (Å²) in [5.41, 5.74) is 0.0707. The molecule has 148 valence electrons. The second kappa shape index (κ2) is 10.3. The summed E-state index contributed by atoms with van der Waals surface area (Å²) in [6.45, 7) is 2.53. The SMILES string of the molecule is CCOc1ccc(CC(=O)NCC#CCOc2cccc(C(F)(F)F)c2)cc1. The first-order valence-electron chi connectivity index (χ1n) is 8.62. The highest BCUT2D eigenvalue weighted by Gasteiger charge is 2.30. The van der Waals surface area contributed by atoms with E-state index >= 15 is 0 Å². The Morgan fingerprint density at radius 2 is 1.79 bits per heavy atom. The average Bonchev–Trinajstić information content (AvgIpc) is 2.66. The molecule has 7 heteroatoms. The van der Waals surface area contributed by atoms with Gasteiger partial charge in [-0.2, -0.15) is 13.2 Å². The molecule has 0 radical (unpaired) electrons. The number of hydrogen-bond acceptors (Lipinski definition) is 3. The lowest BCUT2D eigenvalue weighted by Gasteiger charge is -2.08. The Morgan fingerprint density at radius 1 is 1.04 bits per heavy atom. The molecule has 0 saturated heterocycles. The Balaban J connectivity index is 1.71. The maximum atomic E-state index is 12.6. The van der Waals surface area contributed by atoms with E-state index in [1.54, 1.807) is 12.1 Å². The standard InChI is InChI=1S/C21H20F3NO3/c1-2-27-18-10-8-16(9-11-18)14-20(26)25-12-3-4-13-28-19-7-5-6-17(15-19)21(22,23)24/h5-11,15H,2,12-14H2,1H3,(H,25,26). The van der Waals surface area contributed by atoms with E-state index in [9.17, 15) is 18.0 Å². The fourth-order valence-corrected chi connectivity index (χ4v) is 2.26. The van der Waals surface area contributed by atoms with Gasteiger partial charge in [0, 0.05) is 0 Å². The molecule has 0 aromatic heterocycles. The summed E-state index contributed by atoms with van der Waals surface area (Å²) < 4.78 is 48.4. The molecular formula is C21H20F3NO3. The lowest BCUT2D eigenvalue weighted by Crippen LogP contribution is -2.25. The highest BCUT2D eigenvalue weighted by molar-refractivity contribution is 5.78. The first kappa shape index (κ1) is 21.2. The van der Waals surface area contributed by atoms with Gasteiger partial charge in [-0.25, -0.2) is 0 Å². The number of carbonyl (C=O) groups excluding carboxylic acids is 1. The lowest BCUT2D eigenvalue weighted by molar-refractivity contribution is -0.137. The maximum absolute atomic E-state index is 12.6. The minimum Gasteiger partial charge on any atom is -0.494 e. The van der Waals surface area contributed by atoms with Crippen LogP contribution in [0.4, 0.5) is 13.2 Å². The molecular weight excluding hydrogens is 371 g/mol. The Bertz CT molecular complexity index is 836. The van der Waals surface area contributed by atoms with Crippen molar-refractivity contribution in [3.8, 4) is 23.3 Å². The third kappa shape index (κ3) is 7.23. The van der Waals surface area contributed by atoms with Gasteiger partial charge >= 0.3 is 6.18 Å². The molecule has 2 aromatic rings. The van der Waals surface area contributed by atoms with Crippen molar-refractivity contribution >= 4 is 5.91 Å². The Labute approximate surface area is 161 Å². The van der Waals surface area contributed by atoms with Crippen LogP contribution in [-0.4, -0.2) is 25.7 Å². The van der Waals surface area contributed by atoms with E-state index in [4.69, 9.17) is 9.47 Å². The quantitative estimate of drug-likeness (QED) is 0.730. The summed E-state index contributed by atoms with van der Waals surface area (Å²) in [6.07, 6.45) is -4.20. The van der Waals surface area contributed by atoms with Crippen LogP contribution in [-0.2, 0) is 17.4 Å². The Hall–Kier alpha value is -3.14. The second-order valence-corrected chi connectivity index (χ2v) is 5.70. The second-order valence-electron chi connectivity index (χ2n) is 5.70. The average molecular weight is 391 g/mol. The van der Waals surface area contributed by atoms with Crippen molar-refractivity contribution in [2.75, 3.05) is 19.8 Å². The van der Waals surface area contributed by atoms with Crippen molar-refractivity contribution in [3.63, 3.8) is 0 Å². The fraction of sp³-hybridized carbons (Fsp3) is 0.286. The van der Waals surface area contributed by atoms with E-state index in [0.29, 0.717) is 6.61 Å². The van der Waals surface area contributed by atoms with Crippen LogP contribution in [0.5, 0.6) is 11.5 Å². The van der Waals surface area contributed by atoms with Crippen LogP contribution in [0.2, 0.25) is 0 Å². The van der Waals surface area contributed by atoms with Gasteiger partial charge in [0.2, 0.25) is 5.91 Å². The van der Waals surface area contributed by atoms with Gasteiger partial charge in [0.15, 0.2) is 0 Å². The van der Waals surface area contributed by atoms with E-state index in [1.165, 1.54) is 12.1 Å². The van der Waals surface area contributed by atoms with Crippen LogP contribution >= 0.6 is 0 Å². The van der Waals surface area contributed by atoms with Crippen LogP contribution < -0.4 is 14.8 Å². The van der Waals surface area contributed by atoms with Gasteiger partial charge in [0.05, 0.1) is 25.1 Å². The molecule has 0 saturated carbocycles. The highest BCUT2D eigenvalue weighted by atomic mass is 19.4. The molecule has 2 aromatic carbocycles. The molecule has 0 spiro atoms. The van der Waals surface area contributed by atoms with Crippen LogP contribution in [0.25, 0.3) is 0 Å². The van der Waals surface area contributed by atoms with Crippen LogP contribution in [0.3, 0.4) is 0 Å². The normalized spacial score (nSPS) is 10.6. The predicted octanol–water partition coefficient (Wildman–Crippen LogP) is 3.85. The summed E-state index contributed by atoms with van der Waals surface area (Å²) in [5, 5.41) is 2.65. The highest BCUT2D eigenvalue weighted by Crippen LogP contribution is 2.31. The number of halogens is 3. The van der Waals surface area contributed by atoms with Crippen LogP contribution in [0.15, 0.2) is 48.5 Å². The van der Waals surface area contributed by atoms with Gasteiger partial charge in [-0.05, 0) is 42.8 Å². The molecule has 0 aliphatic rings. The van der Waals surface area contributed by atoms with E-state index in [1.807, 2.05) is 19.1 Å². The predicted molar refractivity (Wildman–Crippen MR) is 99.0 cm³/mol. The zero-order valence-electron chi connectivity index (χ0n) is 15.3. The van der Waals surface area contributed by atoms with E-state index in [2.05, 4.69) is 17.2 Å². The summed E-state index contributed by atoms with van der Waals surface area (Å²) in [7, 11) is 0. The molecule has 0 heterocycles. The van der Waals surface area contributed by atoms with Crippen LogP contribution in [0.1, 0.15) is 18.1 Å². The van der Waals surface area contributed by atoms with Crippen LogP contribution in [0, 0.1) is 11.8 Å². The Morgan fingerprint density at radius 3 is 2.46 bits per heavy atom. The molecule has 0 bridgehead atoms. The van der Waals surface area contributed by atoms with E-state index in [0.717, 1.165) is 23.4 Å². The number of rotatable bonds is 7. The lowest BCUT2D eigenvalue weighted by atomic mass is 10.1. The molecule has 0 aliphatic carbocycles. The summed E-state index contributed by atoms with van der Waals surface area (Å²) >= 11 is 0. The van der Waals surface area contributed by atoms with Crippen molar-refractivity contribution in [1.29, 1.82) is 0 Å². The molecule has 28 heavy (non-hydrogen) atoms. The maximum Gasteiger partial charge on any atom is 0.416 e. The molecule has 0 atom stereocenters. The molecule has 4 nitrogen and oxygen atoms in total. The van der Waals surface area contributed by atoms with Crippen molar-refractivity contribution in [3.05, 3.63) is 59.7 Å². The third-order valence-electron chi connectivity index (χ3n) is 3.57. The Kier molecular flexibility index (Phi) is 7.76. The zero-order chi connectivity index (χ0) is 20.4. The van der Waals surface area contributed by atoms with Crippen molar-refractivity contribution in [1.82, 2.24) is 5.32 Å². The molecule has 0 unspecified atom stereocenters. The number of hydrogen-bond donors (Lipinski definition) is 1. The van der Waals surface area contributed by atoms with Gasteiger partial charge in [-0.3, -0.25) is 4.79 Å². The molecule has 1 amide bonds. The largest absolute Gasteiger partial charge is 0.494 e. The van der Waals surface area contributed by atoms with E-state index in [-0.39, 0.29) is 31.2 Å². The summed E-state index contributed by atoms with van der Waals surface area (Å²) in [5.74, 6) is 5.99. The molecule has 0 fully saturated rings. The van der Waals surface area contributed by atoms with Gasteiger partial charge < -0.3 is 14.8 Å². The summed E-state index contributed by atoms with van der Waals surface area (Å²) in [4.78, 5) is 11.9. The smallest absolute Gasteiger partial charge is 0.416 e. The first-order valence-corrected chi connectivity index (χ1v) is 8.62. The minimum absolute atomic E-state index is 0.0733. The zero-order valence-corrected chi connectivity index (χ0v) is 15.3. The fourth-order valence-electron chi connectivity index (χ4n) is 2.26. The molecule has 1 N–H and O–H groups in total. The molecule has 0 aliphatic heterocycles. The van der Waals surface area contributed by atoms with Gasteiger partial charge in [-0.1, -0.05) is 30.0 Å². The summed E-state index contributed by atoms with van der Waals surface area (Å²) in [6, 6.07) is 11.8. The van der Waals surface area contributed by atoms with Gasteiger partial charge in [0.25, 0.3) is 0 Å². The van der Waals surface area contributed by atoms with Crippen molar-refractivity contribution in [2.24, 2.45) is 0 Å². The van der Waals surface area contributed by atoms with Gasteiger partial charge in [0.1, 0.15) is 18.1 Å². The number of amides is 1. The van der Waals surface area contributed by atoms with Crippen molar-refractivity contribution in [2.45, 2.75) is 19.5 Å².